The molecule has 1 aromatic rings. The van der Waals surface area contributed by atoms with Crippen LogP contribution in [0.5, 0.6) is 0 Å². The first kappa shape index (κ1) is 9.73. The normalized spacial score (nSPS) is 10.1. The van der Waals surface area contributed by atoms with Gasteiger partial charge in [-0.2, -0.15) is 0 Å². The van der Waals surface area contributed by atoms with E-state index in [4.69, 9.17) is 22.4 Å². The molecule has 0 aromatic heterocycles. The van der Waals surface area contributed by atoms with Crippen LogP contribution in [0.15, 0.2) is 6.07 Å². The highest BCUT2D eigenvalue weighted by molar-refractivity contribution is 6.31. The second-order valence-electron chi connectivity index (χ2n) is 2.25. The Balaban J connectivity index is 3.50. The van der Waals surface area contributed by atoms with Gasteiger partial charge in [-0.25, -0.2) is 13.6 Å². The van der Waals surface area contributed by atoms with Gasteiger partial charge in [-0.3, -0.25) is 0 Å². The average Bonchev–Trinajstić information content (AvgIpc) is 2.07. The van der Waals surface area contributed by atoms with Gasteiger partial charge in [0, 0.05) is 0 Å². The summed E-state index contributed by atoms with van der Waals surface area (Å²) in [6, 6.07) is 0.762. The van der Waals surface area contributed by atoms with E-state index >= 15 is 0 Å². The third kappa shape index (κ3) is 1.55. The molecule has 1 aromatic carbocycles. The second-order valence-corrected chi connectivity index (χ2v) is 2.66. The number of halogens is 3. The molecule has 0 aliphatic heterocycles. The van der Waals surface area contributed by atoms with Gasteiger partial charge in [-0.15, -0.1) is 0 Å². The van der Waals surface area contributed by atoms with Crippen molar-refractivity contribution in [1.29, 1.82) is 0 Å². The molecule has 0 unspecified atom stereocenters. The van der Waals surface area contributed by atoms with Gasteiger partial charge >= 0.3 is 5.97 Å². The molecule has 0 aliphatic rings. The largest absolute Gasteiger partial charge is 0.478 e. The van der Waals surface area contributed by atoms with Crippen LogP contribution in [0.4, 0.5) is 14.5 Å². The quantitative estimate of drug-likeness (QED) is 0.546. The summed E-state index contributed by atoms with van der Waals surface area (Å²) in [5, 5.41) is 7.87. The number of hydrogen-bond donors (Lipinski definition) is 2. The topological polar surface area (TPSA) is 63.3 Å². The molecule has 1 rings (SSSR count). The maximum atomic E-state index is 12.8. The number of carboxylic acid groups (broad SMARTS) is 1. The molecule has 0 radical (unpaired) electrons. The Morgan fingerprint density at radius 1 is 1.46 bits per heavy atom. The number of carboxylic acids is 1. The van der Waals surface area contributed by atoms with Gasteiger partial charge in [0.25, 0.3) is 0 Å². The highest BCUT2D eigenvalue weighted by Crippen LogP contribution is 2.26. The van der Waals surface area contributed by atoms with Crippen LogP contribution < -0.4 is 5.73 Å². The highest BCUT2D eigenvalue weighted by Gasteiger charge is 2.18. The van der Waals surface area contributed by atoms with E-state index in [1.54, 1.807) is 0 Å². The van der Waals surface area contributed by atoms with E-state index in [2.05, 4.69) is 0 Å². The average molecular weight is 208 g/mol. The molecule has 70 valence electrons. The molecule has 0 saturated carbocycles. The first-order valence-electron chi connectivity index (χ1n) is 3.11. The Bertz CT molecular complexity index is 381. The minimum atomic E-state index is -1.46. The summed E-state index contributed by atoms with van der Waals surface area (Å²) in [5.41, 5.74) is 3.69. The van der Waals surface area contributed by atoms with Crippen molar-refractivity contribution in [2.24, 2.45) is 0 Å². The molecule has 0 spiro atoms. The van der Waals surface area contributed by atoms with Crippen molar-refractivity contribution in [2.75, 3.05) is 5.73 Å². The maximum Gasteiger partial charge on any atom is 0.337 e. The second kappa shape index (κ2) is 3.18. The molecule has 0 aliphatic carbocycles. The summed E-state index contributed by atoms with van der Waals surface area (Å²) in [6.07, 6.45) is 0. The van der Waals surface area contributed by atoms with Crippen LogP contribution in [0, 0.1) is 11.6 Å². The van der Waals surface area contributed by atoms with Crippen LogP contribution in [-0.2, 0) is 0 Å². The molecule has 0 bridgehead atoms. The fraction of sp³-hybridized carbons (Fsp3) is 0. The Hall–Kier alpha value is -1.36. The van der Waals surface area contributed by atoms with Crippen molar-refractivity contribution in [3.05, 3.63) is 28.3 Å². The van der Waals surface area contributed by atoms with Gasteiger partial charge in [0.05, 0.1) is 16.3 Å². The zero-order chi connectivity index (χ0) is 10.2. The minimum absolute atomic E-state index is 0.552. The van der Waals surface area contributed by atoms with E-state index in [1.165, 1.54) is 0 Å². The van der Waals surface area contributed by atoms with Crippen molar-refractivity contribution >= 4 is 23.3 Å². The van der Waals surface area contributed by atoms with Crippen LogP contribution in [0.2, 0.25) is 5.02 Å². The molecular weight excluding hydrogens is 204 g/mol. The number of nitrogens with two attached hydrogens (primary N) is 1. The van der Waals surface area contributed by atoms with Crippen LogP contribution in [0.25, 0.3) is 0 Å². The molecule has 3 nitrogen and oxygen atoms in total. The Morgan fingerprint density at radius 2 is 2.00 bits per heavy atom. The molecular formula is C7H4ClF2NO2. The molecule has 0 atom stereocenters. The van der Waals surface area contributed by atoms with Gasteiger partial charge < -0.3 is 10.8 Å². The standard InChI is InChI=1S/C7H4ClF2NO2/c8-3-1-2(7(12)13)6(11)5(10)4(3)9/h1H,11H2,(H,12,13). The lowest BCUT2D eigenvalue weighted by Crippen LogP contribution is -2.06. The SMILES string of the molecule is Nc1c(C(=O)O)cc(Cl)c(F)c1F. The fourth-order valence-electron chi connectivity index (χ4n) is 0.786. The zero-order valence-electron chi connectivity index (χ0n) is 6.14. The Kier molecular flexibility index (Phi) is 2.38. The van der Waals surface area contributed by atoms with Gasteiger partial charge in [0.2, 0.25) is 0 Å². The summed E-state index contributed by atoms with van der Waals surface area (Å²) in [4.78, 5) is 10.4. The number of anilines is 1. The third-order valence-corrected chi connectivity index (χ3v) is 1.71. The predicted octanol–water partition coefficient (Wildman–Crippen LogP) is 1.90. The molecule has 0 heterocycles. The number of rotatable bonds is 1. The number of carbonyl (C=O) groups is 1. The summed E-state index contributed by atoms with van der Waals surface area (Å²) in [7, 11) is 0. The lowest BCUT2D eigenvalue weighted by atomic mass is 10.1. The maximum absolute atomic E-state index is 12.8. The van der Waals surface area contributed by atoms with Crippen molar-refractivity contribution in [1.82, 2.24) is 0 Å². The Morgan fingerprint density at radius 3 is 2.46 bits per heavy atom. The van der Waals surface area contributed by atoms with Gasteiger partial charge in [-0.1, -0.05) is 11.6 Å². The monoisotopic (exact) mass is 207 g/mol. The first-order valence-corrected chi connectivity index (χ1v) is 3.49. The van der Waals surface area contributed by atoms with Crippen LogP contribution in [0.3, 0.4) is 0 Å². The van der Waals surface area contributed by atoms with Crippen LogP contribution in [0.1, 0.15) is 10.4 Å². The molecule has 0 amide bonds. The van der Waals surface area contributed by atoms with E-state index in [-0.39, 0.29) is 0 Å². The summed E-state index contributed by atoms with van der Waals surface area (Å²) < 4.78 is 25.4. The minimum Gasteiger partial charge on any atom is -0.478 e. The number of benzene rings is 1. The number of aromatic carboxylic acids is 1. The van der Waals surface area contributed by atoms with Crippen molar-refractivity contribution < 1.29 is 18.7 Å². The van der Waals surface area contributed by atoms with Crippen LogP contribution in [-0.4, -0.2) is 11.1 Å². The van der Waals surface area contributed by atoms with Gasteiger partial charge in [0.15, 0.2) is 11.6 Å². The molecule has 3 N–H and O–H groups in total. The van der Waals surface area contributed by atoms with Gasteiger partial charge in [0.1, 0.15) is 0 Å². The van der Waals surface area contributed by atoms with E-state index in [0.717, 1.165) is 6.07 Å². The number of nitrogen functional groups attached to an aromatic ring is 1. The predicted molar refractivity (Wildman–Crippen MR) is 42.7 cm³/mol. The lowest BCUT2D eigenvalue weighted by molar-refractivity contribution is 0.0697. The van der Waals surface area contributed by atoms with Crippen molar-refractivity contribution in [3.63, 3.8) is 0 Å². The zero-order valence-corrected chi connectivity index (χ0v) is 6.90. The number of hydrogen-bond acceptors (Lipinski definition) is 2. The first-order chi connectivity index (χ1) is 5.95. The molecule has 13 heavy (non-hydrogen) atoms. The van der Waals surface area contributed by atoms with Crippen molar-refractivity contribution in [3.8, 4) is 0 Å². The van der Waals surface area contributed by atoms with Crippen molar-refractivity contribution in [2.45, 2.75) is 0 Å². The summed E-state index contributed by atoms with van der Waals surface area (Å²) >= 11 is 5.20. The molecule has 0 fully saturated rings. The summed E-state index contributed by atoms with van der Waals surface area (Å²) in [6.45, 7) is 0. The van der Waals surface area contributed by atoms with E-state index in [0.29, 0.717) is 0 Å². The smallest absolute Gasteiger partial charge is 0.337 e. The third-order valence-electron chi connectivity index (χ3n) is 1.43. The van der Waals surface area contributed by atoms with Gasteiger partial charge in [-0.05, 0) is 6.07 Å². The van der Waals surface area contributed by atoms with E-state index < -0.39 is 33.9 Å². The van der Waals surface area contributed by atoms with E-state index in [9.17, 15) is 13.6 Å². The highest BCUT2D eigenvalue weighted by atomic mass is 35.5. The molecule has 0 saturated heterocycles. The lowest BCUT2D eigenvalue weighted by Gasteiger charge is -2.03. The Labute approximate surface area is 76.7 Å². The molecule has 6 heteroatoms. The van der Waals surface area contributed by atoms with E-state index in [1.807, 2.05) is 0 Å². The fourth-order valence-corrected chi connectivity index (χ4v) is 0.978. The summed E-state index contributed by atoms with van der Waals surface area (Å²) in [5.74, 6) is -4.24. The van der Waals surface area contributed by atoms with Crippen LogP contribution >= 0.6 is 11.6 Å².